The molecule has 1 fully saturated rings. The van der Waals surface area contributed by atoms with Gasteiger partial charge >= 0.3 is 0 Å². The molecular formula is C21H25N5O. The van der Waals surface area contributed by atoms with Crippen molar-refractivity contribution in [3.05, 3.63) is 59.9 Å². The van der Waals surface area contributed by atoms with Crippen LogP contribution < -0.4 is 0 Å². The van der Waals surface area contributed by atoms with Crippen LogP contribution in [0.4, 0.5) is 0 Å². The molecule has 140 valence electrons. The average Bonchev–Trinajstić information content (AvgIpc) is 3.35. The van der Waals surface area contributed by atoms with Crippen LogP contribution >= 0.6 is 0 Å². The summed E-state index contributed by atoms with van der Waals surface area (Å²) in [5.41, 5.74) is 2.34. The Morgan fingerprint density at radius 3 is 2.67 bits per heavy atom. The summed E-state index contributed by atoms with van der Waals surface area (Å²) in [6.45, 7) is 6.47. The summed E-state index contributed by atoms with van der Waals surface area (Å²) >= 11 is 0. The van der Waals surface area contributed by atoms with Crippen molar-refractivity contribution in [3.63, 3.8) is 0 Å². The lowest BCUT2D eigenvalue weighted by atomic mass is 9.95. The number of nitrogens with zero attached hydrogens (tertiary/aromatic N) is 4. The van der Waals surface area contributed by atoms with Gasteiger partial charge in [0.2, 0.25) is 0 Å². The monoisotopic (exact) mass is 363 g/mol. The molecule has 1 aliphatic heterocycles. The largest absolute Gasteiger partial charge is 0.341 e. The lowest BCUT2D eigenvalue weighted by molar-refractivity contribution is 0.0704. The van der Waals surface area contributed by atoms with Crippen LogP contribution in [-0.4, -0.2) is 43.4 Å². The normalized spacial score (nSPS) is 15.3. The smallest absolute Gasteiger partial charge is 0.274 e. The zero-order valence-electron chi connectivity index (χ0n) is 15.9. The minimum Gasteiger partial charge on any atom is -0.341 e. The van der Waals surface area contributed by atoms with Crippen LogP contribution in [0.5, 0.6) is 0 Å². The lowest BCUT2D eigenvalue weighted by Gasteiger charge is -2.31. The number of carbonyl (C=O) groups is 1. The van der Waals surface area contributed by atoms with Crippen LogP contribution in [0.1, 0.15) is 47.7 Å². The van der Waals surface area contributed by atoms with Gasteiger partial charge in [-0.1, -0.05) is 30.3 Å². The number of nitrogens with one attached hydrogen (secondary N) is 1. The van der Waals surface area contributed by atoms with Crippen molar-refractivity contribution in [1.82, 2.24) is 24.4 Å². The topological polar surface area (TPSA) is 66.8 Å². The number of amides is 1. The Morgan fingerprint density at radius 1 is 1.22 bits per heavy atom. The fourth-order valence-electron chi connectivity index (χ4n) is 3.84. The molecule has 6 nitrogen and oxygen atoms in total. The van der Waals surface area contributed by atoms with Gasteiger partial charge in [-0.05, 0) is 26.7 Å². The van der Waals surface area contributed by atoms with E-state index in [1.807, 2.05) is 54.5 Å². The van der Waals surface area contributed by atoms with E-state index in [0.29, 0.717) is 11.6 Å². The van der Waals surface area contributed by atoms with Gasteiger partial charge in [0.1, 0.15) is 17.3 Å². The molecule has 1 amide bonds. The van der Waals surface area contributed by atoms with Crippen LogP contribution in [0, 0.1) is 6.92 Å². The van der Waals surface area contributed by atoms with Crippen LogP contribution in [0.3, 0.4) is 0 Å². The molecule has 0 unspecified atom stereocenters. The molecule has 1 aliphatic rings. The number of aromatic amines is 1. The predicted octanol–water partition coefficient (Wildman–Crippen LogP) is 3.62. The maximum absolute atomic E-state index is 13.0. The standard InChI is InChI=1S/C21H25N5O/c1-3-25-14-11-22-20(25)17-9-12-26(13-10-17)21(27)18-15(2)23-19(24-18)16-7-5-4-6-8-16/h4-8,11,14,17H,3,9-10,12-13H2,1-2H3,(H,23,24). The molecule has 3 aromatic rings. The number of aryl methyl sites for hydroxylation is 2. The van der Waals surface area contributed by atoms with Crippen LogP contribution in [0.25, 0.3) is 11.4 Å². The Balaban J connectivity index is 1.46. The highest BCUT2D eigenvalue weighted by molar-refractivity contribution is 5.94. The van der Waals surface area contributed by atoms with E-state index in [0.717, 1.165) is 55.4 Å². The van der Waals surface area contributed by atoms with Gasteiger partial charge in [0.05, 0.1) is 0 Å². The Morgan fingerprint density at radius 2 is 1.96 bits per heavy atom. The number of hydrogen-bond acceptors (Lipinski definition) is 3. The second kappa shape index (κ2) is 7.39. The number of imidazole rings is 2. The molecule has 0 atom stereocenters. The Hall–Kier alpha value is -2.89. The van der Waals surface area contributed by atoms with E-state index in [-0.39, 0.29) is 5.91 Å². The van der Waals surface area contributed by atoms with Crippen molar-refractivity contribution in [3.8, 4) is 11.4 Å². The van der Waals surface area contributed by atoms with E-state index >= 15 is 0 Å². The molecule has 0 saturated carbocycles. The maximum Gasteiger partial charge on any atom is 0.274 e. The Labute approximate surface area is 159 Å². The summed E-state index contributed by atoms with van der Waals surface area (Å²) < 4.78 is 2.20. The molecule has 1 saturated heterocycles. The third-order valence-corrected chi connectivity index (χ3v) is 5.37. The van der Waals surface area contributed by atoms with E-state index in [4.69, 9.17) is 0 Å². The number of carbonyl (C=O) groups excluding carboxylic acids is 1. The SMILES string of the molecule is CCn1ccnc1C1CCN(C(=O)c2nc(-c3ccccc3)[nH]c2C)CC1. The molecule has 1 aromatic carbocycles. The third kappa shape index (κ3) is 3.39. The fourth-order valence-corrected chi connectivity index (χ4v) is 3.84. The Bertz CT molecular complexity index is 919. The first-order valence-electron chi connectivity index (χ1n) is 9.59. The predicted molar refractivity (Wildman–Crippen MR) is 105 cm³/mol. The van der Waals surface area contributed by atoms with Crippen molar-refractivity contribution in [2.75, 3.05) is 13.1 Å². The number of aromatic nitrogens is 4. The van der Waals surface area contributed by atoms with Gasteiger partial charge in [0.25, 0.3) is 5.91 Å². The van der Waals surface area contributed by atoms with Gasteiger partial charge in [-0.25, -0.2) is 9.97 Å². The summed E-state index contributed by atoms with van der Waals surface area (Å²) in [7, 11) is 0. The van der Waals surface area contributed by atoms with Gasteiger partial charge < -0.3 is 14.5 Å². The highest BCUT2D eigenvalue weighted by Gasteiger charge is 2.28. The maximum atomic E-state index is 13.0. The molecule has 6 heteroatoms. The summed E-state index contributed by atoms with van der Waals surface area (Å²) in [4.78, 5) is 27.3. The first-order valence-corrected chi connectivity index (χ1v) is 9.59. The van der Waals surface area contributed by atoms with E-state index < -0.39 is 0 Å². The minimum absolute atomic E-state index is 0.0169. The number of likely N-dealkylation sites (tertiary alicyclic amines) is 1. The van der Waals surface area contributed by atoms with E-state index in [9.17, 15) is 4.79 Å². The number of H-pyrrole nitrogens is 1. The first kappa shape index (κ1) is 17.5. The molecule has 2 aromatic heterocycles. The quantitative estimate of drug-likeness (QED) is 0.770. The van der Waals surface area contributed by atoms with Gasteiger partial charge in [-0.15, -0.1) is 0 Å². The second-order valence-corrected chi connectivity index (χ2v) is 7.06. The average molecular weight is 363 g/mol. The molecule has 4 rings (SSSR count). The van der Waals surface area contributed by atoms with E-state index in [2.05, 4.69) is 26.4 Å². The van der Waals surface area contributed by atoms with E-state index in [1.165, 1.54) is 0 Å². The molecule has 0 bridgehead atoms. The van der Waals surface area contributed by atoms with E-state index in [1.54, 1.807) is 0 Å². The summed E-state index contributed by atoms with van der Waals surface area (Å²) in [5.74, 6) is 2.33. The second-order valence-electron chi connectivity index (χ2n) is 7.06. The van der Waals surface area contributed by atoms with Crippen LogP contribution in [-0.2, 0) is 6.54 Å². The molecule has 0 aliphatic carbocycles. The molecule has 3 heterocycles. The van der Waals surface area contributed by atoms with Gasteiger partial charge in [-0.2, -0.15) is 0 Å². The summed E-state index contributed by atoms with van der Waals surface area (Å²) in [6, 6.07) is 9.90. The van der Waals surface area contributed by atoms with Crippen molar-refractivity contribution < 1.29 is 4.79 Å². The number of hydrogen-bond donors (Lipinski definition) is 1. The van der Waals surface area contributed by atoms with Crippen molar-refractivity contribution in [1.29, 1.82) is 0 Å². The highest BCUT2D eigenvalue weighted by Crippen LogP contribution is 2.28. The van der Waals surface area contributed by atoms with Crippen molar-refractivity contribution >= 4 is 5.91 Å². The summed E-state index contributed by atoms with van der Waals surface area (Å²) in [6.07, 6.45) is 5.79. The van der Waals surface area contributed by atoms with Gasteiger partial charge in [0, 0.05) is 49.2 Å². The Kier molecular flexibility index (Phi) is 4.79. The van der Waals surface area contributed by atoms with Gasteiger partial charge in [-0.3, -0.25) is 4.79 Å². The molecule has 27 heavy (non-hydrogen) atoms. The van der Waals surface area contributed by atoms with Crippen LogP contribution in [0.2, 0.25) is 0 Å². The van der Waals surface area contributed by atoms with Crippen molar-refractivity contribution in [2.45, 2.75) is 39.2 Å². The summed E-state index contributed by atoms with van der Waals surface area (Å²) in [5, 5.41) is 0. The fraction of sp³-hybridized carbons (Fsp3) is 0.381. The number of benzene rings is 1. The zero-order valence-corrected chi connectivity index (χ0v) is 15.9. The molecule has 0 radical (unpaired) electrons. The molecule has 1 N–H and O–H groups in total. The zero-order chi connectivity index (χ0) is 18.8. The molecular weight excluding hydrogens is 338 g/mol. The van der Waals surface area contributed by atoms with Crippen molar-refractivity contribution in [2.24, 2.45) is 0 Å². The lowest BCUT2D eigenvalue weighted by Crippen LogP contribution is -2.38. The first-order chi connectivity index (χ1) is 13.2. The number of rotatable bonds is 4. The highest BCUT2D eigenvalue weighted by atomic mass is 16.2. The number of piperidine rings is 1. The third-order valence-electron chi connectivity index (χ3n) is 5.37. The molecule has 0 spiro atoms. The van der Waals surface area contributed by atoms with Crippen LogP contribution in [0.15, 0.2) is 42.7 Å². The van der Waals surface area contributed by atoms with Gasteiger partial charge in [0.15, 0.2) is 0 Å². The minimum atomic E-state index is 0.0169.